The lowest BCUT2D eigenvalue weighted by Gasteiger charge is -2.15. The Balaban J connectivity index is 2.55. The summed E-state index contributed by atoms with van der Waals surface area (Å²) in [5.74, 6) is 0.0956. The van der Waals surface area contributed by atoms with Crippen molar-refractivity contribution in [1.29, 1.82) is 0 Å². The van der Waals surface area contributed by atoms with Gasteiger partial charge in [-0.25, -0.2) is 27.5 Å². The molecule has 0 atom stereocenters. The number of anilines is 2. The molecular weight excluding hydrogens is 334 g/mol. The van der Waals surface area contributed by atoms with Crippen molar-refractivity contribution >= 4 is 27.8 Å². The van der Waals surface area contributed by atoms with Crippen LogP contribution in [0.1, 0.15) is 0 Å². The van der Waals surface area contributed by atoms with Crippen molar-refractivity contribution in [3.63, 3.8) is 0 Å². The Morgan fingerprint density at radius 1 is 1.17 bits per heavy atom. The van der Waals surface area contributed by atoms with Gasteiger partial charge in [-0.2, -0.15) is 0 Å². The molecule has 0 spiro atoms. The van der Waals surface area contributed by atoms with Gasteiger partial charge in [0.2, 0.25) is 10.0 Å². The molecule has 2 rings (SSSR count). The monoisotopic (exact) mass is 351 g/mol. The minimum atomic E-state index is -3.75. The summed E-state index contributed by atoms with van der Waals surface area (Å²) in [6.07, 6.45) is 1.69. The van der Waals surface area contributed by atoms with Crippen LogP contribution in [-0.4, -0.2) is 55.0 Å². The van der Waals surface area contributed by atoms with Crippen molar-refractivity contribution in [3.8, 4) is 11.1 Å². The number of sulfonamides is 1. The van der Waals surface area contributed by atoms with Crippen molar-refractivity contribution < 1.29 is 18.3 Å². The summed E-state index contributed by atoms with van der Waals surface area (Å²) in [4.78, 5) is 19.8. The predicted molar refractivity (Wildman–Crippen MR) is 89.2 cm³/mol. The fraction of sp³-hybridized carbons (Fsp3) is 0.214. The molecule has 0 saturated heterocycles. The summed E-state index contributed by atoms with van der Waals surface area (Å²) in [6.45, 7) is 0. The lowest BCUT2D eigenvalue weighted by atomic mass is 10.1. The van der Waals surface area contributed by atoms with Gasteiger partial charge in [0.05, 0.1) is 0 Å². The van der Waals surface area contributed by atoms with Gasteiger partial charge in [-0.3, -0.25) is 4.90 Å². The average molecular weight is 351 g/mol. The number of carboxylic acid groups (broad SMARTS) is 1. The summed E-state index contributed by atoms with van der Waals surface area (Å²) in [5.41, 5.74) is 6.74. The number of aromatic nitrogens is 2. The van der Waals surface area contributed by atoms with E-state index in [1.807, 2.05) is 0 Å². The second-order valence-electron chi connectivity index (χ2n) is 5.14. The van der Waals surface area contributed by atoms with Crippen LogP contribution in [0.25, 0.3) is 11.1 Å². The van der Waals surface area contributed by atoms with Crippen LogP contribution in [0.15, 0.2) is 35.5 Å². The summed E-state index contributed by atoms with van der Waals surface area (Å²) in [5, 5.41) is 9.02. The Hall–Kier alpha value is -2.72. The maximum Gasteiger partial charge on any atom is 0.412 e. The largest absolute Gasteiger partial charge is 0.465 e. The summed E-state index contributed by atoms with van der Waals surface area (Å²) < 4.78 is 25.7. The van der Waals surface area contributed by atoms with Crippen molar-refractivity contribution in [2.75, 3.05) is 31.8 Å². The zero-order valence-corrected chi connectivity index (χ0v) is 14.1. The first-order valence-corrected chi connectivity index (χ1v) is 8.19. The number of pyridine rings is 2. The van der Waals surface area contributed by atoms with E-state index in [-0.39, 0.29) is 16.5 Å². The van der Waals surface area contributed by atoms with E-state index in [0.717, 1.165) is 9.21 Å². The van der Waals surface area contributed by atoms with E-state index in [4.69, 9.17) is 10.8 Å². The molecular formula is C14H17N5O4S. The molecule has 0 aliphatic carbocycles. The average Bonchev–Trinajstić information content (AvgIpc) is 2.54. The van der Waals surface area contributed by atoms with Crippen LogP contribution in [0, 0.1) is 0 Å². The number of amides is 1. The Labute approximate surface area is 139 Å². The standard InChI is InChI=1S/C14H17N5O4S/c1-18(2)24(22,23)11-6-10(8-17-13(11)15)9-4-5-16-12(7-9)19(3)14(20)21/h4-8H,1-3H3,(H2,15,17)(H,20,21). The summed E-state index contributed by atoms with van der Waals surface area (Å²) in [7, 11) is 0.400. The van der Waals surface area contributed by atoms with Gasteiger partial charge < -0.3 is 10.8 Å². The van der Waals surface area contributed by atoms with Crippen LogP contribution in [0.3, 0.4) is 0 Å². The zero-order valence-electron chi connectivity index (χ0n) is 13.3. The van der Waals surface area contributed by atoms with E-state index >= 15 is 0 Å². The van der Waals surface area contributed by atoms with Crippen LogP contribution in [-0.2, 0) is 10.0 Å². The van der Waals surface area contributed by atoms with Crippen molar-refractivity contribution in [3.05, 3.63) is 30.6 Å². The fourth-order valence-electron chi connectivity index (χ4n) is 1.90. The third-order valence-electron chi connectivity index (χ3n) is 3.35. The first-order chi connectivity index (χ1) is 11.1. The molecule has 0 aliphatic rings. The van der Waals surface area contributed by atoms with Gasteiger partial charge >= 0.3 is 6.09 Å². The summed E-state index contributed by atoms with van der Waals surface area (Å²) >= 11 is 0. The summed E-state index contributed by atoms with van der Waals surface area (Å²) in [6, 6.07) is 4.55. The van der Waals surface area contributed by atoms with Crippen LogP contribution in [0.5, 0.6) is 0 Å². The minimum absolute atomic E-state index is 0.107. The van der Waals surface area contributed by atoms with Gasteiger partial charge in [0.15, 0.2) is 0 Å². The maximum atomic E-state index is 12.3. The molecule has 10 heteroatoms. The lowest BCUT2D eigenvalue weighted by Crippen LogP contribution is -2.24. The molecule has 0 aliphatic heterocycles. The third kappa shape index (κ3) is 3.29. The van der Waals surface area contributed by atoms with E-state index in [9.17, 15) is 13.2 Å². The Morgan fingerprint density at radius 3 is 2.42 bits per heavy atom. The number of nitrogens with zero attached hydrogens (tertiary/aromatic N) is 4. The molecule has 2 aromatic heterocycles. The molecule has 0 saturated carbocycles. The van der Waals surface area contributed by atoms with Crippen molar-refractivity contribution in [2.24, 2.45) is 0 Å². The smallest absolute Gasteiger partial charge is 0.412 e. The van der Waals surface area contributed by atoms with Crippen molar-refractivity contribution in [1.82, 2.24) is 14.3 Å². The van der Waals surface area contributed by atoms with Crippen LogP contribution in [0.4, 0.5) is 16.4 Å². The number of nitrogen functional groups attached to an aromatic ring is 1. The van der Waals surface area contributed by atoms with Gasteiger partial charge in [0.25, 0.3) is 0 Å². The number of hydrogen-bond acceptors (Lipinski definition) is 6. The van der Waals surface area contributed by atoms with E-state index in [2.05, 4.69) is 9.97 Å². The molecule has 0 aromatic carbocycles. The Morgan fingerprint density at radius 2 is 1.83 bits per heavy atom. The second-order valence-corrected chi connectivity index (χ2v) is 7.26. The van der Waals surface area contributed by atoms with Gasteiger partial charge in [-0.1, -0.05) is 0 Å². The minimum Gasteiger partial charge on any atom is -0.465 e. The molecule has 0 unspecified atom stereocenters. The normalized spacial score (nSPS) is 11.5. The third-order valence-corrected chi connectivity index (χ3v) is 5.19. The second kappa shape index (κ2) is 6.42. The van der Waals surface area contributed by atoms with E-state index < -0.39 is 16.1 Å². The van der Waals surface area contributed by atoms with Crippen LogP contribution in [0.2, 0.25) is 0 Å². The fourth-order valence-corrected chi connectivity index (χ4v) is 2.88. The molecule has 24 heavy (non-hydrogen) atoms. The van der Waals surface area contributed by atoms with E-state index in [1.54, 1.807) is 6.07 Å². The number of rotatable bonds is 4. The number of nitrogens with two attached hydrogens (primary N) is 1. The van der Waals surface area contributed by atoms with Crippen LogP contribution >= 0.6 is 0 Å². The molecule has 2 aromatic rings. The van der Waals surface area contributed by atoms with E-state index in [0.29, 0.717) is 11.1 Å². The van der Waals surface area contributed by atoms with Gasteiger partial charge in [0, 0.05) is 39.1 Å². The molecule has 9 nitrogen and oxygen atoms in total. The molecule has 0 fully saturated rings. The van der Waals surface area contributed by atoms with Gasteiger partial charge in [-0.05, 0) is 23.8 Å². The van der Waals surface area contributed by atoms with E-state index in [1.165, 1.54) is 45.7 Å². The van der Waals surface area contributed by atoms with Crippen molar-refractivity contribution in [2.45, 2.75) is 4.90 Å². The molecule has 0 bridgehead atoms. The number of carbonyl (C=O) groups is 1. The molecule has 128 valence electrons. The highest BCUT2D eigenvalue weighted by Crippen LogP contribution is 2.27. The lowest BCUT2D eigenvalue weighted by molar-refractivity contribution is 0.203. The van der Waals surface area contributed by atoms with Gasteiger partial charge in [-0.15, -0.1) is 0 Å². The topological polar surface area (TPSA) is 130 Å². The highest BCUT2D eigenvalue weighted by molar-refractivity contribution is 7.89. The first-order valence-electron chi connectivity index (χ1n) is 6.75. The highest BCUT2D eigenvalue weighted by Gasteiger charge is 2.22. The van der Waals surface area contributed by atoms with Gasteiger partial charge in [0.1, 0.15) is 16.5 Å². The maximum absolute atomic E-state index is 12.3. The molecule has 2 heterocycles. The molecule has 1 amide bonds. The quantitative estimate of drug-likeness (QED) is 0.843. The zero-order chi connectivity index (χ0) is 18.1. The number of hydrogen-bond donors (Lipinski definition) is 2. The Kier molecular flexibility index (Phi) is 4.71. The SMILES string of the molecule is CN(C(=O)O)c1cc(-c2cnc(N)c(S(=O)(=O)N(C)C)c2)ccn1. The first kappa shape index (κ1) is 17.6. The highest BCUT2D eigenvalue weighted by atomic mass is 32.2. The molecule has 0 radical (unpaired) electrons. The predicted octanol–water partition coefficient (Wildman–Crippen LogP) is 1.09. The Bertz CT molecular complexity index is 882. The van der Waals surface area contributed by atoms with Crippen LogP contribution < -0.4 is 10.6 Å². The molecule has 3 N–H and O–H groups in total.